The van der Waals surface area contributed by atoms with E-state index in [1.807, 2.05) is 13.8 Å². The lowest BCUT2D eigenvalue weighted by Gasteiger charge is -2.21. The third-order valence-electron chi connectivity index (χ3n) is 2.81. The fourth-order valence-corrected chi connectivity index (χ4v) is 2.78. The molecule has 1 heterocycles. The average Bonchev–Trinajstić information content (AvgIpc) is 2.88. The van der Waals surface area contributed by atoms with Crippen molar-refractivity contribution in [3.05, 3.63) is 0 Å². The molecule has 1 aliphatic heterocycles. The Morgan fingerprint density at radius 1 is 1.40 bits per heavy atom. The van der Waals surface area contributed by atoms with Gasteiger partial charge in [-0.25, -0.2) is 0 Å². The molecule has 0 unspecified atom stereocenters. The molecule has 5 N–H and O–H groups in total. The van der Waals surface area contributed by atoms with E-state index >= 15 is 0 Å². The van der Waals surface area contributed by atoms with Crippen molar-refractivity contribution in [2.45, 2.75) is 32.4 Å². The summed E-state index contributed by atoms with van der Waals surface area (Å²) in [5.41, 5.74) is 4.99. The van der Waals surface area contributed by atoms with Crippen LogP contribution < -0.4 is 21.7 Å². The van der Waals surface area contributed by atoms with Crippen molar-refractivity contribution in [1.29, 1.82) is 0 Å². The van der Waals surface area contributed by atoms with Gasteiger partial charge in [-0.15, -0.1) is 11.8 Å². The fraction of sp³-hybridized carbons (Fsp3) is 0.750. The Labute approximate surface area is 122 Å². The van der Waals surface area contributed by atoms with Crippen LogP contribution in [-0.2, 0) is 14.4 Å². The molecule has 1 saturated heterocycles. The molecular formula is C12H22N4O3S. The average molecular weight is 302 g/mol. The van der Waals surface area contributed by atoms with Gasteiger partial charge in [0, 0.05) is 11.6 Å². The summed E-state index contributed by atoms with van der Waals surface area (Å²) in [7, 11) is 0. The summed E-state index contributed by atoms with van der Waals surface area (Å²) < 4.78 is 0. The Balaban J connectivity index is 2.55. The minimum Gasteiger partial charge on any atom is -0.368 e. The highest BCUT2D eigenvalue weighted by Gasteiger charge is 2.28. The molecule has 3 amide bonds. The molecule has 0 aromatic carbocycles. The highest BCUT2D eigenvalue weighted by molar-refractivity contribution is 7.99. The molecule has 0 radical (unpaired) electrons. The van der Waals surface area contributed by atoms with E-state index in [0.29, 0.717) is 12.2 Å². The number of nitrogens with two attached hydrogens (primary N) is 1. The fourth-order valence-electron chi connectivity index (χ4n) is 1.84. The minimum absolute atomic E-state index is 0.185. The van der Waals surface area contributed by atoms with E-state index in [4.69, 9.17) is 5.73 Å². The number of nitrogens with one attached hydrogen (secondary N) is 3. The molecule has 0 bridgehead atoms. The molecule has 0 aromatic rings. The summed E-state index contributed by atoms with van der Waals surface area (Å²) >= 11 is 1.64. The SMILES string of the molecule is CC(C)C[C@H](NC(=O)[C@H]1CSCN1)C(=O)NCC(N)=O. The van der Waals surface area contributed by atoms with Crippen molar-refractivity contribution >= 4 is 29.5 Å². The van der Waals surface area contributed by atoms with Gasteiger partial charge in [0.25, 0.3) is 0 Å². The first-order chi connectivity index (χ1) is 9.40. The van der Waals surface area contributed by atoms with Crippen LogP contribution in [0.15, 0.2) is 0 Å². The summed E-state index contributed by atoms with van der Waals surface area (Å²) in [5.74, 6) is 0.503. The number of carbonyl (C=O) groups is 3. The van der Waals surface area contributed by atoms with Crippen LogP contribution in [0.25, 0.3) is 0 Å². The standard InChI is InChI=1S/C12H22N4O3S/c1-7(2)3-8(11(18)14-4-10(13)17)16-12(19)9-5-20-6-15-9/h7-9,15H,3-6H2,1-2H3,(H2,13,17)(H,14,18)(H,16,19)/t8-,9+/m0/s1. The Bertz CT molecular complexity index is 370. The molecular weight excluding hydrogens is 280 g/mol. The van der Waals surface area contributed by atoms with Crippen molar-refractivity contribution in [2.75, 3.05) is 18.2 Å². The molecule has 114 valence electrons. The molecule has 0 aliphatic carbocycles. The maximum absolute atomic E-state index is 12.0. The highest BCUT2D eigenvalue weighted by Crippen LogP contribution is 2.11. The van der Waals surface area contributed by atoms with E-state index in [1.54, 1.807) is 11.8 Å². The van der Waals surface area contributed by atoms with Crippen molar-refractivity contribution < 1.29 is 14.4 Å². The lowest BCUT2D eigenvalue weighted by atomic mass is 10.0. The van der Waals surface area contributed by atoms with Crippen LogP contribution in [0.4, 0.5) is 0 Å². The van der Waals surface area contributed by atoms with E-state index in [-0.39, 0.29) is 30.3 Å². The van der Waals surface area contributed by atoms with E-state index < -0.39 is 11.9 Å². The topological polar surface area (TPSA) is 113 Å². The van der Waals surface area contributed by atoms with Gasteiger partial charge in [0.15, 0.2) is 0 Å². The Morgan fingerprint density at radius 3 is 2.60 bits per heavy atom. The van der Waals surface area contributed by atoms with E-state index in [0.717, 1.165) is 5.88 Å². The Kier molecular flexibility index (Phi) is 6.80. The monoisotopic (exact) mass is 302 g/mol. The van der Waals surface area contributed by atoms with Crippen molar-refractivity contribution in [3.8, 4) is 0 Å². The van der Waals surface area contributed by atoms with Crippen LogP contribution in [0.1, 0.15) is 20.3 Å². The molecule has 2 atom stereocenters. The van der Waals surface area contributed by atoms with Crippen molar-refractivity contribution in [3.63, 3.8) is 0 Å². The smallest absolute Gasteiger partial charge is 0.243 e. The van der Waals surface area contributed by atoms with E-state index in [2.05, 4.69) is 16.0 Å². The first kappa shape index (κ1) is 16.8. The first-order valence-corrected chi connectivity index (χ1v) is 7.73. The molecule has 20 heavy (non-hydrogen) atoms. The number of thioether (sulfide) groups is 1. The maximum atomic E-state index is 12.0. The second-order valence-corrected chi connectivity index (χ2v) is 6.18. The highest BCUT2D eigenvalue weighted by atomic mass is 32.2. The number of amides is 3. The van der Waals surface area contributed by atoms with E-state index in [9.17, 15) is 14.4 Å². The van der Waals surface area contributed by atoms with Gasteiger partial charge in [-0.05, 0) is 12.3 Å². The van der Waals surface area contributed by atoms with Gasteiger partial charge in [0.1, 0.15) is 6.04 Å². The second kappa shape index (κ2) is 8.11. The van der Waals surface area contributed by atoms with Crippen molar-refractivity contribution in [1.82, 2.24) is 16.0 Å². The predicted octanol–water partition coefficient (Wildman–Crippen LogP) is -1.22. The van der Waals surface area contributed by atoms with Gasteiger partial charge in [-0.2, -0.15) is 0 Å². The van der Waals surface area contributed by atoms with E-state index in [1.165, 1.54) is 0 Å². The van der Waals surface area contributed by atoms with Crippen LogP contribution in [0.2, 0.25) is 0 Å². The summed E-state index contributed by atoms with van der Waals surface area (Å²) in [5, 5.41) is 8.21. The van der Waals surface area contributed by atoms with Crippen LogP contribution in [-0.4, -0.2) is 48.0 Å². The van der Waals surface area contributed by atoms with Gasteiger partial charge in [-0.3, -0.25) is 19.7 Å². The van der Waals surface area contributed by atoms with Gasteiger partial charge in [0.05, 0.1) is 12.6 Å². The Morgan fingerprint density at radius 2 is 2.10 bits per heavy atom. The molecule has 1 aliphatic rings. The van der Waals surface area contributed by atoms with Crippen molar-refractivity contribution in [2.24, 2.45) is 11.7 Å². The first-order valence-electron chi connectivity index (χ1n) is 6.57. The predicted molar refractivity (Wildman–Crippen MR) is 77.8 cm³/mol. The third kappa shape index (κ3) is 5.79. The number of carbonyl (C=O) groups excluding carboxylic acids is 3. The summed E-state index contributed by atoms with van der Waals surface area (Å²) in [6.45, 7) is 3.70. The quantitative estimate of drug-likeness (QED) is 0.471. The third-order valence-corrected chi connectivity index (χ3v) is 3.75. The van der Waals surface area contributed by atoms with Crippen LogP contribution in [0.5, 0.6) is 0 Å². The molecule has 0 saturated carbocycles. The largest absolute Gasteiger partial charge is 0.368 e. The summed E-state index contributed by atoms with van der Waals surface area (Å²) in [4.78, 5) is 34.7. The lowest BCUT2D eigenvalue weighted by molar-refractivity contribution is -0.130. The van der Waals surface area contributed by atoms with Crippen LogP contribution in [0.3, 0.4) is 0 Å². The molecule has 0 aromatic heterocycles. The van der Waals surface area contributed by atoms with Gasteiger partial charge < -0.3 is 16.4 Å². The van der Waals surface area contributed by atoms with Crippen LogP contribution >= 0.6 is 11.8 Å². The van der Waals surface area contributed by atoms with Gasteiger partial charge in [0.2, 0.25) is 17.7 Å². The molecule has 1 rings (SSSR count). The number of hydrogen-bond acceptors (Lipinski definition) is 5. The summed E-state index contributed by atoms with van der Waals surface area (Å²) in [6, 6.07) is -0.909. The Hall–Kier alpha value is -1.28. The number of hydrogen-bond donors (Lipinski definition) is 4. The van der Waals surface area contributed by atoms with Crippen LogP contribution in [0, 0.1) is 5.92 Å². The number of rotatable bonds is 7. The number of primary amides is 1. The minimum atomic E-state index is -0.644. The zero-order valence-corrected chi connectivity index (χ0v) is 12.6. The molecule has 1 fully saturated rings. The molecule has 8 heteroatoms. The maximum Gasteiger partial charge on any atom is 0.243 e. The van der Waals surface area contributed by atoms with Gasteiger partial charge in [-0.1, -0.05) is 13.8 Å². The lowest BCUT2D eigenvalue weighted by Crippen LogP contribution is -2.53. The van der Waals surface area contributed by atoms with Gasteiger partial charge >= 0.3 is 0 Å². The second-order valence-electron chi connectivity index (χ2n) is 5.15. The zero-order valence-electron chi connectivity index (χ0n) is 11.8. The molecule has 0 spiro atoms. The molecule has 7 nitrogen and oxygen atoms in total. The zero-order chi connectivity index (χ0) is 15.1. The summed E-state index contributed by atoms with van der Waals surface area (Å²) in [6.07, 6.45) is 0.510. The normalized spacial score (nSPS) is 19.6.